The number of hydrogen-bond donors (Lipinski definition) is 0. The summed E-state index contributed by atoms with van der Waals surface area (Å²) in [5, 5.41) is 10.3. The number of nitro benzene ring substituents is 1. The Balaban J connectivity index is 2.47. The molecule has 0 N–H and O–H groups in total. The van der Waals surface area contributed by atoms with Gasteiger partial charge in [-0.1, -0.05) is 12.1 Å². The maximum absolute atomic E-state index is 13.3. The smallest absolute Gasteiger partial charge is 0.305 e. The van der Waals surface area contributed by atoms with Crippen LogP contribution < -0.4 is 0 Å². The number of hydrogen-bond acceptors (Lipinski definition) is 3. The van der Waals surface area contributed by atoms with Gasteiger partial charge in [0.2, 0.25) is 5.82 Å². The molecule has 0 spiro atoms. The van der Waals surface area contributed by atoms with E-state index in [0.29, 0.717) is 6.61 Å². The lowest BCUT2D eigenvalue weighted by Gasteiger charge is -1.98. The van der Waals surface area contributed by atoms with Crippen molar-refractivity contribution < 1.29 is 14.1 Å². The van der Waals surface area contributed by atoms with E-state index in [9.17, 15) is 14.5 Å². The van der Waals surface area contributed by atoms with E-state index in [1.165, 1.54) is 12.1 Å². The van der Waals surface area contributed by atoms with Crippen LogP contribution in [-0.4, -0.2) is 11.5 Å². The first kappa shape index (κ1) is 8.12. The summed E-state index contributed by atoms with van der Waals surface area (Å²) in [6.45, 7) is 0.443. The summed E-state index contributed by atoms with van der Waals surface area (Å²) >= 11 is 0. The molecule has 4 nitrogen and oxygen atoms in total. The SMILES string of the molecule is O=[N+]([O-])c1cccc([C@@H]2CO2)c1F. The Hall–Kier alpha value is -1.49. The van der Waals surface area contributed by atoms with Crippen molar-refractivity contribution in [1.82, 2.24) is 0 Å². The minimum atomic E-state index is -0.782. The first-order valence-corrected chi connectivity index (χ1v) is 3.74. The van der Waals surface area contributed by atoms with Crippen LogP contribution in [0.4, 0.5) is 10.1 Å². The van der Waals surface area contributed by atoms with Gasteiger partial charge in [-0.2, -0.15) is 4.39 Å². The van der Waals surface area contributed by atoms with E-state index in [1.807, 2.05) is 0 Å². The monoisotopic (exact) mass is 183 g/mol. The molecule has 0 aromatic heterocycles. The van der Waals surface area contributed by atoms with Gasteiger partial charge in [0.05, 0.1) is 11.5 Å². The summed E-state index contributed by atoms with van der Waals surface area (Å²) < 4.78 is 18.1. The van der Waals surface area contributed by atoms with Gasteiger partial charge < -0.3 is 4.74 Å². The number of ether oxygens (including phenoxy) is 1. The van der Waals surface area contributed by atoms with E-state index in [4.69, 9.17) is 4.74 Å². The minimum Gasteiger partial charge on any atom is -0.368 e. The summed E-state index contributed by atoms with van der Waals surface area (Å²) in [4.78, 5) is 9.61. The summed E-state index contributed by atoms with van der Waals surface area (Å²) in [7, 11) is 0. The van der Waals surface area contributed by atoms with Gasteiger partial charge >= 0.3 is 5.69 Å². The normalized spacial score (nSPS) is 19.9. The third-order valence-electron chi connectivity index (χ3n) is 1.89. The number of nitrogens with zero attached hydrogens (tertiary/aromatic N) is 1. The molecule has 5 heteroatoms. The van der Waals surface area contributed by atoms with E-state index < -0.39 is 16.4 Å². The molecule has 1 atom stereocenters. The molecule has 1 aromatic carbocycles. The molecule has 13 heavy (non-hydrogen) atoms. The van der Waals surface area contributed by atoms with Crippen LogP contribution in [-0.2, 0) is 4.74 Å². The summed E-state index contributed by atoms with van der Waals surface area (Å²) in [6.07, 6.45) is -0.292. The van der Waals surface area contributed by atoms with Crippen LogP contribution in [0.1, 0.15) is 11.7 Å². The highest BCUT2D eigenvalue weighted by molar-refractivity contribution is 5.38. The molecule has 68 valence electrons. The first-order chi connectivity index (χ1) is 6.20. The maximum atomic E-state index is 13.3. The predicted molar refractivity (Wildman–Crippen MR) is 41.7 cm³/mol. The van der Waals surface area contributed by atoms with Crippen LogP contribution in [0.3, 0.4) is 0 Å². The quantitative estimate of drug-likeness (QED) is 0.399. The molecule has 2 rings (SSSR count). The van der Waals surface area contributed by atoms with Gasteiger partial charge in [0.1, 0.15) is 6.10 Å². The average Bonchev–Trinajstić information content (AvgIpc) is 2.87. The molecule has 1 fully saturated rings. The van der Waals surface area contributed by atoms with Gasteiger partial charge in [-0.15, -0.1) is 0 Å². The standard InChI is InChI=1S/C8H6FNO3/c9-8-5(7-4-13-7)2-1-3-6(8)10(11)12/h1-3,7H,4H2/t7-/m0/s1. The van der Waals surface area contributed by atoms with Gasteiger partial charge in [-0.25, -0.2) is 0 Å². The Bertz CT molecular complexity index is 362. The van der Waals surface area contributed by atoms with E-state index >= 15 is 0 Å². The molecule has 0 saturated carbocycles. The molecular formula is C8H6FNO3. The fourth-order valence-electron chi connectivity index (χ4n) is 1.15. The molecule has 1 aliphatic heterocycles. The second kappa shape index (κ2) is 2.77. The summed E-state index contributed by atoms with van der Waals surface area (Å²) in [6, 6.07) is 4.10. The number of nitro groups is 1. The third-order valence-corrected chi connectivity index (χ3v) is 1.89. The average molecular weight is 183 g/mol. The molecule has 0 radical (unpaired) electrons. The zero-order valence-corrected chi connectivity index (χ0v) is 6.57. The van der Waals surface area contributed by atoms with Gasteiger partial charge in [0.25, 0.3) is 0 Å². The maximum Gasteiger partial charge on any atom is 0.305 e. The Morgan fingerprint density at radius 3 is 2.85 bits per heavy atom. The van der Waals surface area contributed by atoms with E-state index in [2.05, 4.69) is 0 Å². The zero-order chi connectivity index (χ0) is 9.42. The largest absolute Gasteiger partial charge is 0.368 e. The Kier molecular flexibility index (Phi) is 1.73. The van der Waals surface area contributed by atoms with Crippen LogP contribution >= 0.6 is 0 Å². The first-order valence-electron chi connectivity index (χ1n) is 3.74. The van der Waals surface area contributed by atoms with Crippen molar-refractivity contribution in [2.24, 2.45) is 0 Å². The lowest BCUT2D eigenvalue weighted by atomic mass is 10.1. The highest BCUT2D eigenvalue weighted by Gasteiger charge is 2.31. The molecule has 1 aliphatic rings. The van der Waals surface area contributed by atoms with Crippen molar-refractivity contribution in [1.29, 1.82) is 0 Å². The number of epoxide rings is 1. The molecule has 0 aliphatic carbocycles. The summed E-state index contributed by atoms with van der Waals surface area (Å²) in [5.74, 6) is -0.782. The highest BCUT2D eigenvalue weighted by atomic mass is 19.1. The summed E-state index contributed by atoms with van der Waals surface area (Å²) in [5.41, 5.74) is -0.220. The van der Waals surface area contributed by atoms with Crippen molar-refractivity contribution in [2.75, 3.05) is 6.61 Å². The van der Waals surface area contributed by atoms with Gasteiger partial charge in [0.15, 0.2) is 0 Å². The van der Waals surface area contributed by atoms with Crippen molar-refractivity contribution in [2.45, 2.75) is 6.10 Å². The molecule has 1 heterocycles. The van der Waals surface area contributed by atoms with Crippen molar-refractivity contribution in [3.05, 3.63) is 39.7 Å². The molecule has 1 saturated heterocycles. The van der Waals surface area contributed by atoms with Crippen LogP contribution in [0.15, 0.2) is 18.2 Å². The van der Waals surface area contributed by atoms with Crippen molar-refractivity contribution in [3.63, 3.8) is 0 Å². The van der Waals surface area contributed by atoms with Crippen LogP contribution in [0.2, 0.25) is 0 Å². The van der Waals surface area contributed by atoms with Crippen LogP contribution in [0, 0.1) is 15.9 Å². The van der Waals surface area contributed by atoms with Crippen molar-refractivity contribution >= 4 is 5.69 Å². The third kappa shape index (κ3) is 1.38. The van der Waals surface area contributed by atoms with E-state index in [1.54, 1.807) is 0 Å². The Labute approximate surface area is 73.1 Å². The van der Waals surface area contributed by atoms with Crippen molar-refractivity contribution in [3.8, 4) is 0 Å². The lowest BCUT2D eigenvalue weighted by molar-refractivity contribution is -0.387. The number of rotatable bonds is 2. The van der Waals surface area contributed by atoms with Gasteiger partial charge in [-0.05, 0) is 0 Å². The van der Waals surface area contributed by atoms with Crippen LogP contribution in [0.25, 0.3) is 0 Å². The second-order valence-corrected chi connectivity index (χ2v) is 2.76. The minimum absolute atomic E-state index is 0.272. The molecular weight excluding hydrogens is 177 g/mol. The zero-order valence-electron chi connectivity index (χ0n) is 6.57. The number of halogens is 1. The molecule has 0 bridgehead atoms. The molecule has 1 aromatic rings. The predicted octanol–water partition coefficient (Wildman–Crippen LogP) is 1.81. The van der Waals surface area contributed by atoms with E-state index in [-0.39, 0.29) is 11.7 Å². The highest BCUT2D eigenvalue weighted by Crippen LogP contribution is 2.34. The van der Waals surface area contributed by atoms with Gasteiger partial charge in [-0.3, -0.25) is 10.1 Å². The molecule has 0 unspecified atom stereocenters. The Morgan fingerprint density at radius 1 is 1.62 bits per heavy atom. The lowest BCUT2D eigenvalue weighted by Crippen LogP contribution is -1.96. The fourth-order valence-corrected chi connectivity index (χ4v) is 1.15. The van der Waals surface area contributed by atoms with E-state index in [0.717, 1.165) is 6.07 Å². The van der Waals surface area contributed by atoms with Gasteiger partial charge in [0, 0.05) is 11.6 Å². The topological polar surface area (TPSA) is 55.7 Å². The fraction of sp³-hybridized carbons (Fsp3) is 0.250. The van der Waals surface area contributed by atoms with Crippen LogP contribution in [0.5, 0.6) is 0 Å². The number of benzene rings is 1. The second-order valence-electron chi connectivity index (χ2n) is 2.76. The Morgan fingerprint density at radius 2 is 2.31 bits per heavy atom. The molecule has 0 amide bonds.